The molecular weight excluding hydrogens is 576 g/mol. The number of hydrogen-bond acceptors (Lipinski definition) is 9. The smallest absolute Gasteiger partial charge is 0.410 e. The molecule has 1 saturated carbocycles. The van der Waals surface area contributed by atoms with Gasteiger partial charge in [0.1, 0.15) is 23.4 Å². The summed E-state index contributed by atoms with van der Waals surface area (Å²) >= 11 is 0. The molecule has 45 heavy (non-hydrogen) atoms. The van der Waals surface area contributed by atoms with Crippen molar-refractivity contribution in [3.05, 3.63) is 72.1 Å². The lowest BCUT2D eigenvalue weighted by Crippen LogP contribution is -2.37. The van der Waals surface area contributed by atoms with E-state index in [1.807, 2.05) is 45.0 Å². The lowest BCUT2D eigenvalue weighted by molar-refractivity contribution is -0.115. The van der Waals surface area contributed by atoms with Crippen molar-refractivity contribution < 1.29 is 33.3 Å². The fraction of sp³-hybridized carbons (Fsp3) is 0.353. The molecule has 3 aromatic carbocycles. The van der Waals surface area contributed by atoms with E-state index < -0.39 is 5.60 Å². The number of rotatable bonds is 11. The lowest BCUT2D eigenvalue weighted by Gasteiger charge is -2.27. The number of methoxy groups -OCH3 is 3. The molecule has 1 aromatic heterocycles. The fourth-order valence-corrected chi connectivity index (χ4v) is 4.81. The fourth-order valence-electron chi connectivity index (χ4n) is 4.81. The Labute approximate surface area is 262 Å². The van der Waals surface area contributed by atoms with E-state index in [1.165, 1.54) is 6.33 Å². The van der Waals surface area contributed by atoms with Gasteiger partial charge in [-0.1, -0.05) is 12.1 Å². The third-order valence-corrected chi connectivity index (χ3v) is 7.06. The van der Waals surface area contributed by atoms with Crippen molar-refractivity contribution >= 4 is 28.6 Å². The number of carbonyl (C=O) groups excluding carboxylic acids is 2. The Balaban J connectivity index is 1.24. The zero-order valence-electron chi connectivity index (χ0n) is 26.4. The standard InChI is InChI=1S/C34H38N4O7/c1-34(2,3)45-33(40)38(24-9-10-24)19-22-13-23(16-26(14-22)41-4)37-31(39)15-21-7-11-25(12-8-21)44-32-27-17-29(42-5)30(43-6)18-28(27)35-20-36-32/h7-8,11-14,16-18,20,24H,9-10,15,19H2,1-6H3,(H,37,39). The molecular formula is C34H38N4O7. The zero-order chi connectivity index (χ0) is 32.1. The molecule has 0 unspecified atom stereocenters. The van der Waals surface area contributed by atoms with Gasteiger partial charge >= 0.3 is 6.09 Å². The monoisotopic (exact) mass is 614 g/mol. The van der Waals surface area contributed by atoms with Crippen LogP contribution < -0.4 is 24.3 Å². The molecule has 1 fully saturated rings. The van der Waals surface area contributed by atoms with Gasteiger partial charge in [0.15, 0.2) is 11.5 Å². The summed E-state index contributed by atoms with van der Waals surface area (Å²) in [6.07, 6.45) is 3.10. The van der Waals surface area contributed by atoms with Gasteiger partial charge in [0.25, 0.3) is 0 Å². The van der Waals surface area contributed by atoms with E-state index in [0.717, 1.165) is 24.0 Å². The van der Waals surface area contributed by atoms with Crippen molar-refractivity contribution in [3.63, 3.8) is 0 Å². The number of aromatic nitrogens is 2. The summed E-state index contributed by atoms with van der Waals surface area (Å²) < 4.78 is 28.0. The largest absolute Gasteiger partial charge is 0.497 e. The molecule has 11 nitrogen and oxygen atoms in total. The minimum absolute atomic E-state index is 0.145. The second-order valence-electron chi connectivity index (χ2n) is 11.8. The number of hydrogen-bond donors (Lipinski definition) is 1. The summed E-state index contributed by atoms with van der Waals surface area (Å²) in [7, 11) is 4.69. The molecule has 2 amide bonds. The van der Waals surface area contributed by atoms with Crippen molar-refractivity contribution in [2.24, 2.45) is 0 Å². The lowest BCUT2D eigenvalue weighted by atomic mass is 10.1. The predicted octanol–water partition coefficient (Wildman–Crippen LogP) is 6.53. The van der Waals surface area contributed by atoms with Gasteiger partial charge in [0, 0.05) is 30.4 Å². The maximum atomic E-state index is 13.0. The molecule has 1 aliphatic rings. The Morgan fingerprint density at radius 3 is 2.22 bits per heavy atom. The minimum Gasteiger partial charge on any atom is -0.497 e. The van der Waals surface area contributed by atoms with Crippen LogP contribution in [0.5, 0.6) is 28.9 Å². The number of nitrogens with zero attached hydrogens (tertiary/aromatic N) is 3. The number of benzene rings is 3. The summed E-state index contributed by atoms with van der Waals surface area (Å²) in [6.45, 7) is 5.91. The molecule has 1 heterocycles. The average molecular weight is 615 g/mol. The van der Waals surface area contributed by atoms with Crippen molar-refractivity contribution in [1.82, 2.24) is 14.9 Å². The van der Waals surface area contributed by atoms with Crippen LogP contribution in [0, 0.1) is 0 Å². The Hall–Kier alpha value is -5.06. The van der Waals surface area contributed by atoms with Gasteiger partial charge in [-0.05, 0) is 75.1 Å². The van der Waals surface area contributed by atoms with Crippen LogP contribution in [0.3, 0.4) is 0 Å². The molecule has 0 spiro atoms. The van der Waals surface area contributed by atoms with Crippen molar-refractivity contribution in [2.75, 3.05) is 26.6 Å². The molecule has 11 heteroatoms. The molecule has 1 N–H and O–H groups in total. The van der Waals surface area contributed by atoms with E-state index in [0.29, 0.717) is 52.0 Å². The summed E-state index contributed by atoms with van der Waals surface area (Å²) in [5.74, 6) is 2.40. The topological polar surface area (TPSA) is 121 Å². The maximum Gasteiger partial charge on any atom is 0.410 e. The molecule has 0 aliphatic heterocycles. The average Bonchev–Trinajstić information content (AvgIpc) is 3.84. The number of anilines is 1. The molecule has 0 radical (unpaired) electrons. The van der Waals surface area contributed by atoms with Crippen molar-refractivity contribution in [1.29, 1.82) is 0 Å². The molecule has 0 atom stereocenters. The molecule has 0 saturated heterocycles. The maximum absolute atomic E-state index is 13.0. The van der Waals surface area contributed by atoms with Crippen molar-refractivity contribution in [3.8, 4) is 28.9 Å². The van der Waals surface area contributed by atoms with Crippen LogP contribution in [0.25, 0.3) is 10.9 Å². The van der Waals surface area contributed by atoms with Gasteiger partial charge in [-0.25, -0.2) is 14.8 Å². The Bertz CT molecular complexity index is 1680. The van der Waals surface area contributed by atoms with E-state index in [4.69, 9.17) is 23.7 Å². The first-order valence-electron chi connectivity index (χ1n) is 14.7. The minimum atomic E-state index is -0.588. The normalized spacial score (nSPS) is 12.8. The van der Waals surface area contributed by atoms with E-state index in [9.17, 15) is 9.59 Å². The molecule has 4 aromatic rings. The SMILES string of the molecule is COc1cc(CN(C(=O)OC(C)(C)C)C2CC2)cc(NC(=O)Cc2ccc(Oc3ncnc4cc(OC)c(OC)cc34)cc2)c1. The van der Waals surface area contributed by atoms with Gasteiger partial charge in [-0.3, -0.25) is 4.79 Å². The van der Waals surface area contributed by atoms with Crippen LogP contribution in [-0.4, -0.2) is 59.8 Å². The Morgan fingerprint density at radius 2 is 1.58 bits per heavy atom. The number of nitrogens with one attached hydrogen (secondary N) is 1. The number of carbonyl (C=O) groups is 2. The summed E-state index contributed by atoms with van der Waals surface area (Å²) in [4.78, 5) is 36.2. The molecule has 1 aliphatic carbocycles. The Kier molecular flexibility index (Phi) is 9.26. The second kappa shape index (κ2) is 13.3. The summed E-state index contributed by atoms with van der Waals surface area (Å²) in [5.41, 5.74) is 2.27. The van der Waals surface area contributed by atoms with E-state index in [1.54, 1.807) is 56.6 Å². The third kappa shape index (κ3) is 8.11. The first-order chi connectivity index (χ1) is 21.5. The van der Waals surface area contributed by atoms with Crippen LogP contribution in [0.15, 0.2) is 60.9 Å². The second-order valence-corrected chi connectivity index (χ2v) is 11.8. The van der Waals surface area contributed by atoms with E-state index in [2.05, 4.69) is 15.3 Å². The van der Waals surface area contributed by atoms with Crippen molar-refractivity contribution in [2.45, 2.75) is 58.2 Å². The number of amides is 2. The highest BCUT2D eigenvalue weighted by Gasteiger charge is 2.35. The zero-order valence-corrected chi connectivity index (χ0v) is 26.4. The number of fused-ring (bicyclic) bond motifs is 1. The highest BCUT2D eigenvalue weighted by Crippen LogP contribution is 2.36. The van der Waals surface area contributed by atoms with Gasteiger partial charge in [-0.15, -0.1) is 0 Å². The van der Waals surface area contributed by atoms with Gasteiger partial charge < -0.3 is 33.9 Å². The van der Waals surface area contributed by atoms with Gasteiger partial charge in [-0.2, -0.15) is 0 Å². The summed E-state index contributed by atoms with van der Waals surface area (Å²) in [5, 5.41) is 3.63. The van der Waals surface area contributed by atoms with Crippen LogP contribution in [0.2, 0.25) is 0 Å². The van der Waals surface area contributed by atoms with Gasteiger partial charge in [0.05, 0.1) is 38.7 Å². The van der Waals surface area contributed by atoms with E-state index in [-0.39, 0.29) is 24.5 Å². The quantitative estimate of drug-likeness (QED) is 0.201. The predicted molar refractivity (Wildman–Crippen MR) is 169 cm³/mol. The molecule has 236 valence electrons. The summed E-state index contributed by atoms with van der Waals surface area (Å²) in [6, 6.07) is 16.4. The number of ether oxygens (including phenoxy) is 5. The first kappa shape index (κ1) is 31.4. The Morgan fingerprint density at radius 1 is 0.867 bits per heavy atom. The van der Waals surface area contributed by atoms with Crippen LogP contribution >= 0.6 is 0 Å². The first-order valence-corrected chi connectivity index (χ1v) is 14.7. The highest BCUT2D eigenvalue weighted by atomic mass is 16.6. The van der Waals surface area contributed by atoms with Crippen LogP contribution in [-0.2, 0) is 22.5 Å². The highest BCUT2D eigenvalue weighted by molar-refractivity contribution is 5.92. The van der Waals surface area contributed by atoms with Crippen LogP contribution in [0.4, 0.5) is 10.5 Å². The van der Waals surface area contributed by atoms with E-state index >= 15 is 0 Å². The van der Waals surface area contributed by atoms with Gasteiger partial charge in [0.2, 0.25) is 11.8 Å². The molecule has 5 rings (SSSR count). The molecule has 0 bridgehead atoms. The van der Waals surface area contributed by atoms with Crippen LogP contribution in [0.1, 0.15) is 44.7 Å². The third-order valence-electron chi connectivity index (χ3n) is 7.06.